The molecule has 0 aliphatic heterocycles. The third-order valence-electron chi connectivity index (χ3n) is 3.34. The highest BCUT2D eigenvalue weighted by Gasteiger charge is 2.10. The number of fused-ring (bicyclic) bond motifs is 1. The van der Waals surface area contributed by atoms with Gasteiger partial charge in [-0.2, -0.15) is 5.10 Å². The van der Waals surface area contributed by atoms with Gasteiger partial charge in [0.25, 0.3) is 0 Å². The molecule has 108 valence electrons. The van der Waals surface area contributed by atoms with E-state index < -0.39 is 0 Å². The number of nitrogens with zero attached hydrogens (tertiary/aromatic N) is 2. The van der Waals surface area contributed by atoms with Gasteiger partial charge < -0.3 is 14.2 Å². The van der Waals surface area contributed by atoms with Gasteiger partial charge in [-0.1, -0.05) is 0 Å². The fourth-order valence-electron chi connectivity index (χ4n) is 2.22. The van der Waals surface area contributed by atoms with Gasteiger partial charge >= 0.3 is 0 Å². The minimum absolute atomic E-state index is 0.691. The van der Waals surface area contributed by atoms with Crippen molar-refractivity contribution in [2.24, 2.45) is 0 Å². The van der Waals surface area contributed by atoms with Crippen molar-refractivity contribution in [3.8, 4) is 22.9 Å². The number of methoxy groups -OCH3 is 3. The Morgan fingerprint density at radius 1 is 0.857 bits per heavy atom. The molecule has 0 spiro atoms. The fraction of sp³-hybridized carbons (Fsp3) is 0.188. The molecule has 0 amide bonds. The van der Waals surface area contributed by atoms with Crippen LogP contribution in [0.4, 0.5) is 0 Å². The molecule has 3 rings (SSSR count). The predicted octanol–water partition coefficient (Wildman–Crippen LogP) is 3.05. The Morgan fingerprint density at radius 3 is 2.19 bits per heavy atom. The van der Waals surface area contributed by atoms with Crippen LogP contribution >= 0.6 is 0 Å². The summed E-state index contributed by atoms with van der Waals surface area (Å²) in [4.78, 5) is 0. The second-order valence-corrected chi connectivity index (χ2v) is 4.54. The van der Waals surface area contributed by atoms with E-state index in [1.807, 2.05) is 47.3 Å². The first-order chi connectivity index (χ1) is 10.2. The van der Waals surface area contributed by atoms with Crippen molar-refractivity contribution in [2.45, 2.75) is 0 Å². The normalized spacial score (nSPS) is 10.6. The molecule has 5 nitrogen and oxygen atoms in total. The zero-order valence-corrected chi connectivity index (χ0v) is 12.2. The zero-order valence-electron chi connectivity index (χ0n) is 12.2. The van der Waals surface area contributed by atoms with Crippen molar-refractivity contribution in [1.82, 2.24) is 9.78 Å². The van der Waals surface area contributed by atoms with Crippen molar-refractivity contribution in [2.75, 3.05) is 21.3 Å². The molecule has 0 aliphatic carbocycles. The van der Waals surface area contributed by atoms with Crippen LogP contribution in [0.3, 0.4) is 0 Å². The van der Waals surface area contributed by atoms with E-state index in [1.54, 1.807) is 21.3 Å². The molecule has 0 aliphatic rings. The SMILES string of the molecule is COc1ccc(-n2cc3cc(OC)cc(OC)c3n2)cc1. The van der Waals surface area contributed by atoms with E-state index >= 15 is 0 Å². The van der Waals surface area contributed by atoms with Gasteiger partial charge in [0.05, 0.1) is 27.0 Å². The molecule has 0 unspecified atom stereocenters. The van der Waals surface area contributed by atoms with Crippen LogP contribution < -0.4 is 14.2 Å². The second kappa shape index (κ2) is 5.36. The van der Waals surface area contributed by atoms with Gasteiger partial charge in [-0.15, -0.1) is 0 Å². The lowest BCUT2D eigenvalue weighted by molar-refractivity contribution is 0.397. The highest BCUT2D eigenvalue weighted by atomic mass is 16.5. The smallest absolute Gasteiger partial charge is 0.150 e. The minimum Gasteiger partial charge on any atom is -0.497 e. The second-order valence-electron chi connectivity index (χ2n) is 4.54. The molecule has 0 bridgehead atoms. The lowest BCUT2D eigenvalue weighted by Gasteiger charge is -2.04. The maximum Gasteiger partial charge on any atom is 0.150 e. The van der Waals surface area contributed by atoms with Gasteiger partial charge in [-0.25, -0.2) is 4.68 Å². The standard InChI is InChI=1S/C16H16N2O3/c1-19-13-6-4-12(5-7-13)18-10-11-8-14(20-2)9-15(21-3)16(11)17-18/h4-10H,1-3H3. The molecule has 1 aromatic heterocycles. The maximum atomic E-state index is 5.38. The first kappa shape index (κ1) is 13.3. The van der Waals surface area contributed by atoms with Crippen LogP contribution in [0.5, 0.6) is 17.2 Å². The van der Waals surface area contributed by atoms with Crippen molar-refractivity contribution in [3.63, 3.8) is 0 Å². The van der Waals surface area contributed by atoms with Gasteiger partial charge in [0.2, 0.25) is 0 Å². The average molecular weight is 284 g/mol. The quantitative estimate of drug-likeness (QED) is 0.738. The minimum atomic E-state index is 0.691. The molecular weight excluding hydrogens is 268 g/mol. The summed E-state index contributed by atoms with van der Waals surface area (Å²) >= 11 is 0. The third-order valence-corrected chi connectivity index (χ3v) is 3.34. The number of rotatable bonds is 4. The Labute approximate surface area is 122 Å². The van der Waals surface area contributed by atoms with Gasteiger partial charge in [0.15, 0.2) is 5.75 Å². The Morgan fingerprint density at radius 2 is 1.57 bits per heavy atom. The van der Waals surface area contributed by atoms with Crippen molar-refractivity contribution >= 4 is 10.9 Å². The van der Waals surface area contributed by atoms with Gasteiger partial charge in [-0.05, 0) is 30.3 Å². The van der Waals surface area contributed by atoms with Crippen molar-refractivity contribution in [1.29, 1.82) is 0 Å². The third kappa shape index (κ3) is 2.38. The molecule has 0 N–H and O–H groups in total. The van der Waals surface area contributed by atoms with E-state index in [9.17, 15) is 0 Å². The molecule has 3 aromatic rings. The summed E-state index contributed by atoms with van der Waals surface area (Å²) in [5.41, 5.74) is 1.75. The molecule has 21 heavy (non-hydrogen) atoms. The van der Waals surface area contributed by atoms with E-state index in [1.165, 1.54) is 0 Å². The zero-order chi connectivity index (χ0) is 14.8. The van der Waals surface area contributed by atoms with Gasteiger partial charge in [0, 0.05) is 17.6 Å². The first-order valence-electron chi connectivity index (χ1n) is 6.51. The molecule has 1 heterocycles. The Bertz CT molecular complexity index is 763. The molecule has 5 heteroatoms. The lowest BCUT2D eigenvalue weighted by atomic mass is 10.2. The Hall–Kier alpha value is -2.69. The molecule has 2 aromatic carbocycles. The summed E-state index contributed by atoms with van der Waals surface area (Å²) in [6, 6.07) is 11.5. The van der Waals surface area contributed by atoms with Crippen LogP contribution in [0.1, 0.15) is 0 Å². The summed E-state index contributed by atoms with van der Waals surface area (Å²) in [6.07, 6.45) is 1.95. The average Bonchev–Trinajstić information content (AvgIpc) is 2.97. The molecule has 0 saturated carbocycles. The summed E-state index contributed by atoms with van der Waals surface area (Å²) < 4.78 is 17.6. The topological polar surface area (TPSA) is 45.5 Å². The number of ether oxygens (including phenoxy) is 3. The van der Waals surface area contributed by atoms with E-state index in [0.29, 0.717) is 5.75 Å². The van der Waals surface area contributed by atoms with Crippen molar-refractivity contribution < 1.29 is 14.2 Å². The van der Waals surface area contributed by atoms with E-state index in [4.69, 9.17) is 14.2 Å². The molecular formula is C16H16N2O3. The number of aromatic nitrogens is 2. The molecule has 0 atom stereocenters. The van der Waals surface area contributed by atoms with E-state index in [0.717, 1.165) is 28.1 Å². The summed E-state index contributed by atoms with van der Waals surface area (Å²) in [5.74, 6) is 2.25. The van der Waals surface area contributed by atoms with Crippen LogP contribution in [0.15, 0.2) is 42.6 Å². The van der Waals surface area contributed by atoms with Crippen LogP contribution in [-0.4, -0.2) is 31.1 Å². The predicted molar refractivity (Wildman–Crippen MR) is 80.7 cm³/mol. The summed E-state index contributed by atoms with van der Waals surface area (Å²) in [6.45, 7) is 0. The Kier molecular flexibility index (Phi) is 3.39. The monoisotopic (exact) mass is 284 g/mol. The lowest BCUT2D eigenvalue weighted by Crippen LogP contribution is -1.94. The molecule has 0 radical (unpaired) electrons. The Balaban J connectivity index is 2.11. The van der Waals surface area contributed by atoms with Gasteiger partial charge in [-0.3, -0.25) is 0 Å². The first-order valence-corrected chi connectivity index (χ1v) is 6.51. The van der Waals surface area contributed by atoms with Crippen LogP contribution in [0.25, 0.3) is 16.6 Å². The molecule has 0 fully saturated rings. The van der Waals surface area contributed by atoms with Crippen LogP contribution in [-0.2, 0) is 0 Å². The van der Waals surface area contributed by atoms with Crippen molar-refractivity contribution in [3.05, 3.63) is 42.6 Å². The highest BCUT2D eigenvalue weighted by Crippen LogP contribution is 2.30. The number of benzene rings is 2. The number of hydrogen-bond acceptors (Lipinski definition) is 4. The van der Waals surface area contributed by atoms with E-state index in [-0.39, 0.29) is 0 Å². The molecule has 0 saturated heterocycles. The van der Waals surface area contributed by atoms with Crippen LogP contribution in [0, 0.1) is 0 Å². The van der Waals surface area contributed by atoms with Gasteiger partial charge in [0.1, 0.15) is 17.0 Å². The largest absolute Gasteiger partial charge is 0.497 e. The summed E-state index contributed by atoms with van der Waals surface area (Å²) in [5, 5.41) is 5.54. The van der Waals surface area contributed by atoms with Crippen LogP contribution in [0.2, 0.25) is 0 Å². The van der Waals surface area contributed by atoms with E-state index in [2.05, 4.69) is 5.10 Å². The summed E-state index contributed by atoms with van der Waals surface area (Å²) in [7, 11) is 4.91. The highest BCUT2D eigenvalue weighted by molar-refractivity contribution is 5.86. The maximum absolute atomic E-state index is 5.38. The number of hydrogen-bond donors (Lipinski definition) is 0. The fourth-order valence-corrected chi connectivity index (χ4v) is 2.22.